The highest BCUT2D eigenvalue weighted by Crippen LogP contribution is 2.22. The summed E-state index contributed by atoms with van der Waals surface area (Å²) in [5.74, 6) is 1.65. The van der Waals surface area contributed by atoms with Crippen molar-refractivity contribution in [2.45, 2.75) is 129 Å². The Bertz CT molecular complexity index is 361. The molecule has 146 valence electrons. The van der Waals surface area contributed by atoms with Gasteiger partial charge in [0, 0.05) is 5.92 Å². The molecule has 1 N–H and O–H groups in total. The van der Waals surface area contributed by atoms with Gasteiger partial charge in [-0.3, -0.25) is 5.10 Å². The summed E-state index contributed by atoms with van der Waals surface area (Å²) in [6.45, 7) is 4.54. The van der Waals surface area contributed by atoms with Crippen LogP contribution in [0.1, 0.15) is 135 Å². The fourth-order valence-electron chi connectivity index (χ4n) is 3.71. The van der Waals surface area contributed by atoms with Gasteiger partial charge in [-0.15, -0.1) is 0 Å². The number of hydrogen-bond donors (Lipinski definition) is 1. The minimum absolute atomic E-state index is 0.574. The Labute approximate surface area is 156 Å². The molecule has 0 spiro atoms. The highest BCUT2D eigenvalue weighted by Gasteiger charge is 2.11. The minimum Gasteiger partial charge on any atom is -0.263 e. The van der Waals surface area contributed by atoms with Crippen molar-refractivity contribution in [3.8, 4) is 0 Å². The van der Waals surface area contributed by atoms with Crippen molar-refractivity contribution >= 4 is 0 Å². The lowest BCUT2D eigenvalue weighted by Crippen LogP contribution is -2.00. The molecule has 0 amide bonds. The molecule has 0 radical (unpaired) electrons. The van der Waals surface area contributed by atoms with Crippen LogP contribution >= 0.6 is 0 Å². The van der Waals surface area contributed by atoms with Crippen molar-refractivity contribution in [3.63, 3.8) is 0 Å². The highest BCUT2D eigenvalue weighted by molar-refractivity contribution is 4.91. The van der Waals surface area contributed by atoms with E-state index in [2.05, 4.69) is 29.0 Å². The fourth-order valence-corrected chi connectivity index (χ4v) is 3.71. The molecule has 0 bridgehead atoms. The molecule has 1 rings (SSSR count). The number of rotatable bonds is 18. The molecule has 3 heteroatoms. The van der Waals surface area contributed by atoms with E-state index < -0.39 is 0 Å². The Morgan fingerprint density at radius 3 is 1.60 bits per heavy atom. The van der Waals surface area contributed by atoms with Gasteiger partial charge in [-0.05, 0) is 12.8 Å². The van der Waals surface area contributed by atoms with Gasteiger partial charge >= 0.3 is 0 Å². The minimum atomic E-state index is 0.574. The second kappa shape index (κ2) is 16.6. The predicted octanol–water partition coefficient (Wildman–Crippen LogP) is 7.56. The lowest BCUT2D eigenvalue weighted by atomic mass is 9.97. The second-order valence-electron chi connectivity index (χ2n) is 7.71. The molecule has 0 aliphatic rings. The molecule has 0 aliphatic carbocycles. The highest BCUT2D eigenvalue weighted by atomic mass is 15.2. The Morgan fingerprint density at radius 2 is 1.20 bits per heavy atom. The molecular weight excluding hydrogens is 306 g/mol. The summed E-state index contributed by atoms with van der Waals surface area (Å²) in [6, 6.07) is 0. The first kappa shape index (κ1) is 22.2. The Morgan fingerprint density at radius 1 is 0.720 bits per heavy atom. The first-order chi connectivity index (χ1) is 12.4. The van der Waals surface area contributed by atoms with E-state index in [1.807, 2.05) is 0 Å². The van der Waals surface area contributed by atoms with Crippen molar-refractivity contribution < 1.29 is 0 Å². The Hall–Kier alpha value is -0.860. The van der Waals surface area contributed by atoms with Crippen LogP contribution in [0.15, 0.2) is 6.33 Å². The van der Waals surface area contributed by atoms with Crippen LogP contribution in [-0.4, -0.2) is 15.2 Å². The average Bonchev–Trinajstić information content (AvgIpc) is 3.16. The fraction of sp³-hybridized carbons (Fsp3) is 0.909. The maximum Gasteiger partial charge on any atom is 0.137 e. The van der Waals surface area contributed by atoms with E-state index in [1.165, 1.54) is 103 Å². The number of aromatic amines is 1. The molecule has 1 heterocycles. The monoisotopic (exact) mass is 349 g/mol. The number of hydrogen-bond acceptors (Lipinski definition) is 2. The molecule has 3 nitrogen and oxygen atoms in total. The SMILES string of the molecule is CCCCCCCCCCCCCCCCCC(CC)c1ncn[nH]1. The van der Waals surface area contributed by atoms with E-state index in [0.717, 1.165) is 12.2 Å². The average molecular weight is 350 g/mol. The quantitative estimate of drug-likeness (QED) is 0.278. The summed E-state index contributed by atoms with van der Waals surface area (Å²) in [6.07, 6.45) is 25.5. The van der Waals surface area contributed by atoms with E-state index in [0.29, 0.717) is 5.92 Å². The summed E-state index contributed by atoms with van der Waals surface area (Å²) in [5.41, 5.74) is 0. The van der Waals surface area contributed by atoms with E-state index in [1.54, 1.807) is 6.33 Å². The van der Waals surface area contributed by atoms with E-state index >= 15 is 0 Å². The number of aromatic nitrogens is 3. The van der Waals surface area contributed by atoms with E-state index in [9.17, 15) is 0 Å². The predicted molar refractivity (Wildman–Crippen MR) is 109 cm³/mol. The molecular formula is C22H43N3. The van der Waals surface area contributed by atoms with Gasteiger partial charge in [-0.1, -0.05) is 110 Å². The zero-order chi connectivity index (χ0) is 18.0. The van der Waals surface area contributed by atoms with Gasteiger partial charge in [0.2, 0.25) is 0 Å². The third kappa shape index (κ3) is 12.2. The van der Waals surface area contributed by atoms with Gasteiger partial charge in [0.25, 0.3) is 0 Å². The maximum atomic E-state index is 4.31. The summed E-state index contributed by atoms with van der Waals surface area (Å²) < 4.78 is 0. The number of H-pyrrole nitrogens is 1. The van der Waals surface area contributed by atoms with Gasteiger partial charge in [0.15, 0.2) is 0 Å². The van der Waals surface area contributed by atoms with E-state index in [-0.39, 0.29) is 0 Å². The van der Waals surface area contributed by atoms with Crippen molar-refractivity contribution in [2.24, 2.45) is 0 Å². The van der Waals surface area contributed by atoms with Crippen LogP contribution in [0.25, 0.3) is 0 Å². The molecule has 1 aromatic heterocycles. The second-order valence-corrected chi connectivity index (χ2v) is 7.71. The molecule has 0 saturated heterocycles. The van der Waals surface area contributed by atoms with Crippen LogP contribution in [0.3, 0.4) is 0 Å². The molecule has 1 aromatic rings. The van der Waals surface area contributed by atoms with Gasteiger partial charge < -0.3 is 0 Å². The third-order valence-electron chi connectivity index (χ3n) is 5.47. The molecule has 0 fully saturated rings. The number of nitrogens with one attached hydrogen (secondary N) is 1. The zero-order valence-electron chi connectivity index (χ0n) is 17.1. The van der Waals surface area contributed by atoms with Gasteiger partial charge in [0.05, 0.1) is 0 Å². The lowest BCUT2D eigenvalue weighted by molar-refractivity contribution is 0.503. The smallest absolute Gasteiger partial charge is 0.137 e. The zero-order valence-corrected chi connectivity index (χ0v) is 17.1. The van der Waals surface area contributed by atoms with Crippen LogP contribution in [0.4, 0.5) is 0 Å². The van der Waals surface area contributed by atoms with Gasteiger partial charge in [-0.2, -0.15) is 5.10 Å². The van der Waals surface area contributed by atoms with Gasteiger partial charge in [-0.25, -0.2) is 4.98 Å². The Balaban J connectivity index is 1.79. The van der Waals surface area contributed by atoms with Crippen LogP contribution in [0.2, 0.25) is 0 Å². The van der Waals surface area contributed by atoms with Crippen LogP contribution in [-0.2, 0) is 0 Å². The molecule has 1 atom stereocenters. The van der Waals surface area contributed by atoms with Crippen molar-refractivity contribution in [1.29, 1.82) is 0 Å². The van der Waals surface area contributed by atoms with Gasteiger partial charge in [0.1, 0.15) is 12.2 Å². The molecule has 0 aromatic carbocycles. The largest absolute Gasteiger partial charge is 0.263 e. The van der Waals surface area contributed by atoms with Crippen LogP contribution in [0.5, 0.6) is 0 Å². The molecule has 25 heavy (non-hydrogen) atoms. The van der Waals surface area contributed by atoms with Crippen LogP contribution in [0, 0.1) is 0 Å². The number of unbranched alkanes of at least 4 members (excludes halogenated alkanes) is 14. The van der Waals surface area contributed by atoms with Crippen molar-refractivity contribution in [3.05, 3.63) is 12.2 Å². The first-order valence-electron chi connectivity index (χ1n) is 11.2. The topological polar surface area (TPSA) is 41.6 Å². The van der Waals surface area contributed by atoms with Crippen molar-refractivity contribution in [1.82, 2.24) is 15.2 Å². The number of nitrogens with zero attached hydrogens (tertiary/aromatic N) is 2. The maximum absolute atomic E-state index is 4.31. The standard InChI is InChI=1S/C22H43N3/c1-3-5-6-7-8-9-10-11-12-13-14-15-16-17-18-19-21(4-2)22-23-20-24-25-22/h20-21H,3-19H2,1-2H3,(H,23,24,25). The molecule has 0 aliphatic heterocycles. The summed E-state index contributed by atoms with van der Waals surface area (Å²) in [7, 11) is 0. The van der Waals surface area contributed by atoms with E-state index in [4.69, 9.17) is 0 Å². The first-order valence-corrected chi connectivity index (χ1v) is 11.2. The van der Waals surface area contributed by atoms with Crippen molar-refractivity contribution in [2.75, 3.05) is 0 Å². The normalized spacial score (nSPS) is 12.6. The molecule has 0 saturated carbocycles. The van der Waals surface area contributed by atoms with Crippen LogP contribution < -0.4 is 0 Å². The summed E-state index contributed by atoms with van der Waals surface area (Å²) >= 11 is 0. The summed E-state index contributed by atoms with van der Waals surface area (Å²) in [5, 5.41) is 7.01. The molecule has 1 unspecified atom stereocenters. The third-order valence-corrected chi connectivity index (χ3v) is 5.47. The lowest BCUT2D eigenvalue weighted by Gasteiger charge is -2.11. The summed E-state index contributed by atoms with van der Waals surface area (Å²) in [4.78, 5) is 4.31. The Kier molecular flexibility index (Phi) is 14.7.